The van der Waals surface area contributed by atoms with Gasteiger partial charge in [-0.15, -0.1) is 0 Å². The molecule has 0 bridgehead atoms. The van der Waals surface area contributed by atoms with E-state index in [1.165, 1.54) is 12.8 Å². The van der Waals surface area contributed by atoms with Crippen LogP contribution in [0.2, 0.25) is 0 Å². The highest BCUT2D eigenvalue weighted by molar-refractivity contribution is 5.80. The number of likely N-dealkylation sites (tertiary alicyclic amines) is 1. The van der Waals surface area contributed by atoms with Crippen molar-refractivity contribution in [1.82, 2.24) is 10.2 Å². The highest BCUT2D eigenvalue weighted by Crippen LogP contribution is 2.26. The van der Waals surface area contributed by atoms with Gasteiger partial charge in [0, 0.05) is 18.6 Å². The summed E-state index contributed by atoms with van der Waals surface area (Å²) in [4.78, 5) is 14.3. The van der Waals surface area contributed by atoms with E-state index in [9.17, 15) is 4.79 Å². The fourth-order valence-corrected chi connectivity index (χ4v) is 2.71. The maximum Gasteiger partial charge on any atom is 0.227 e. The zero-order valence-electron chi connectivity index (χ0n) is 9.12. The molecule has 0 radical (unpaired) electrons. The highest BCUT2D eigenvalue weighted by atomic mass is 16.2. The third-order valence-electron chi connectivity index (χ3n) is 3.62. The second kappa shape index (κ2) is 3.89. The summed E-state index contributed by atoms with van der Waals surface area (Å²) in [5.41, 5.74) is 0. The Morgan fingerprint density at radius 3 is 2.36 bits per heavy atom. The molecule has 0 aromatic rings. The average Bonchev–Trinajstić information content (AvgIpc) is 2.75. The minimum absolute atomic E-state index is 0.248. The van der Waals surface area contributed by atoms with Gasteiger partial charge < -0.3 is 10.2 Å². The molecule has 2 aliphatic rings. The Morgan fingerprint density at radius 2 is 1.86 bits per heavy atom. The topological polar surface area (TPSA) is 32.3 Å². The molecule has 3 nitrogen and oxygen atoms in total. The molecule has 14 heavy (non-hydrogen) atoms. The van der Waals surface area contributed by atoms with Gasteiger partial charge in [0.1, 0.15) is 0 Å². The second-order valence-corrected chi connectivity index (χ2v) is 4.71. The fourth-order valence-electron chi connectivity index (χ4n) is 2.71. The predicted molar refractivity (Wildman–Crippen MR) is 56.0 cm³/mol. The summed E-state index contributed by atoms with van der Waals surface area (Å²) in [5, 5.41) is 3.26. The first-order valence-electron chi connectivity index (χ1n) is 5.73. The van der Waals surface area contributed by atoms with E-state index in [0.29, 0.717) is 18.0 Å². The van der Waals surface area contributed by atoms with E-state index in [2.05, 4.69) is 24.1 Å². The van der Waals surface area contributed by atoms with Crippen LogP contribution in [0.4, 0.5) is 0 Å². The first-order chi connectivity index (χ1) is 6.70. The lowest BCUT2D eigenvalue weighted by molar-refractivity contribution is -0.137. The molecule has 0 aliphatic carbocycles. The Balaban J connectivity index is 2.02. The largest absolute Gasteiger partial charge is 0.337 e. The van der Waals surface area contributed by atoms with Gasteiger partial charge in [-0.1, -0.05) is 0 Å². The predicted octanol–water partition coefficient (Wildman–Crippen LogP) is 0.995. The quantitative estimate of drug-likeness (QED) is 0.678. The summed E-state index contributed by atoms with van der Waals surface area (Å²) in [6.45, 7) is 6.23. The van der Waals surface area contributed by atoms with E-state index < -0.39 is 0 Å². The Morgan fingerprint density at radius 1 is 1.21 bits per heavy atom. The summed E-state index contributed by atoms with van der Waals surface area (Å²) >= 11 is 0. The second-order valence-electron chi connectivity index (χ2n) is 4.71. The first-order valence-corrected chi connectivity index (χ1v) is 5.73. The van der Waals surface area contributed by atoms with Crippen molar-refractivity contribution in [3.8, 4) is 0 Å². The molecule has 0 aromatic carbocycles. The van der Waals surface area contributed by atoms with Gasteiger partial charge in [-0.05, 0) is 39.7 Å². The molecule has 1 amide bonds. The van der Waals surface area contributed by atoms with E-state index >= 15 is 0 Å². The lowest BCUT2D eigenvalue weighted by Gasteiger charge is -2.28. The van der Waals surface area contributed by atoms with E-state index in [1.807, 2.05) is 0 Å². The van der Waals surface area contributed by atoms with Crippen molar-refractivity contribution in [2.45, 2.75) is 45.2 Å². The maximum atomic E-state index is 12.2. The molecular weight excluding hydrogens is 176 g/mol. The molecule has 3 atom stereocenters. The van der Waals surface area contributed by atoms with Gasteiger partial charge in [0.05, 0.1) is 5.92 Å². The number of amides is 1. The Labute approximate surface area is 85.8 Å². The van der Waals surface area contributed by atoms with Gasteiger partial charge in [-0.25, -0.2) is 0 Å². The van der Waals surface area contributed by atoms with Crippen LogP contribution in [-0.2, 0) is 4.79 Å². The summed E-state index contributed by atoms with van der Waals surface area (Å²) in [6, 6.07) is 0.913. The number of nitrogens with zero attached hydrogens (tertiary/aromatic N) is 1. The maximum absolute atomic E-state index is 12.2. The lowest BCUT2D eigenvalue weighted by Crippen LogP contribution is -2.42. The summed E-state index contributed by atoms with van der Waals surface area (Å²) in [6.07, 6.45) is 3.37. The van der Waals surface area contributed by atoms with Crippen LogP contribution in [0.25, 0.3) is 0 Å². The van der Waals surface area contributed by atoms with Crippen molar-refractivity contribution in [2.24, 2.45) is 5.92 Å². The standard InChI is InChI=1S/C11H20N2O/c1-8-3-4-9(2)13(8)11(14)10-5-6-12-7-10/h8-10,12H,3-7H2,1-2H3. The van der Waals surface area contributed by atoms with Gasteiger partial charge in [-0.3, -0.25) is 4.79 Å². The number of carbonyl (C=O) groups excluding carboxylic acids is 1. The fraction of sp³-hybridized carbons (Fsp3) is 0.909. The van der Waals surface area contributed by atoms with Crippen molar-refractivity contribution in [3.63, 3.8) is 0 Å². The Bertz CT molecular complexity index is 213. The molecule has 2 aliphatic heterocycles. The Kier molecular flexibility index (Phi) is 2.77. The summed E-state index contributed by atoms with van der Waals surface area (Å²) in [5.74, 6) is 0.630. The zero-order valence-corrected chi connectivity index (χ0v) is 9.12. The number of hydrogen-bond donors (Lipinski definition) is 1. The lowest BCUT2D eigenvalue weighted by atomic mass is 10.1. The van der Waals surface area contributed by atoms with Crippen LogP contribution < -0.4 is 5.32 Å². The van der Waals surface area contributed by atoms with Crippen LogP contribution in [-0.4, -0.2) is 36.0 Å². The molecule has 2 heterocycles. The zero-order chi connectivity index (χ0) is 10.1. The summed E-state index contributed by atoms with van der Waals surface area (Å²) in [7, 11) is 0. The molecule has 2 rings (SSSR count). The first kappa shape index (κ1) is 9.97. The van der Waals surface area contributed by atoms with Crippen LogP contribution >= 0.6 is 0 Å². The number of rotatable bonds is 1. The number of hydrogen-bond acceptors (Lipinski definition) is 2. The van der Waals surface area contributed by atoms with Gasteiger partial charge in [0.25, 0.3) is 0 Å². The van der Waals surface area contributed by atoms with Gasteiger partial charge in [-0.2, -0.15) is 0 Å². The average molecular weight is 196 g/mol. The van der Waals surface area contributed by atoms with Crippen LogP contribution in [0.5, 0.6) is 0 Å². The highest BCUT2D eigenvalue weighted by Gasteiger charge is 2.35. The van der Waals surface area contributed by atoms with Gasteiger partial charge in [0.2, 0.25) is 5.91 Å². The molecule has 2 saturated heterocycles. The van der Waals surface area contributed by atoms with Crippen LogP contribution in [0, 0.1) is 5.92 Å². The van der Waals surface area contributed by atoms with Crippen LogP contribution in [0.3, 0.4) is 0 Å². The number of nitrogens with one attached hydrogen (secondary N) is 1. The molecule has 0 saturated carbocycles. The smallest absolute Gasteiger partial charge is 0.227 e. The van der Waals surface area contributed by atoms with Crippen molar-refractivity contribution in [3.05, 3.63) is 0 Å². The van der Waals surface area contributed by atoms with Crippen molar-refractivity contribution >= 4 is 5.91 Å². The molecular formula is C11H20N2O. The molecule has 1 N–H and O–H groups in total. The third kappa shape index (κ3) is 1.65. The van der Waals surface area contributed by atoms with E-state index in [4.69, 9.17) is 0 Å². The SMILES string of the molecule is CC1CCC(C)N1C(=O)C1CCNC1. The van der Waals surface area contributed by atoms with Crippen LogP contribution in [0.15, 0.2) is 0 Å². The molecule has 3 unspecified atom stereocenters. The normalized spacial score (nSPS) is 37.9. The van der Waals surface area contributed by atoms with Gasteiger partial charge in [0.15, 0.2) is 0 Å². The van der Waals surface area contributed by atoms with E-state index in [0.717, 1.165) is 19.5 Å². The molecule has 2 fully saturated rings. The van der Waals surface area contributed by atoms with E-state index in [-0.39, 0.29) is 5.92 Å². The number of carbonyl (C=O) groups is 1. The van der Waals surface area contributed by atoms with Crippen molar-refractivity contribution < 1.29 is 4.79 Å². The Hall–Kier alpha value is -0.570. The van der Waals surface area contributed by atoms with Crippen molar-refractivity contribution in [1.29, 1.82) is 0 Å². The van der Waals surface area contributed by atoms with E-state index in [1.54, 1.807) is 0 Å². The summed E-state index contributed by atoms with van der Waals surface area (Å²) < 4.78 is 0. The molecule has 0 spiro atoms. The minimum atomic E-state index is 0.248. The molecule has 0 aromatic heterocycles. The van der Waals surface area contributed by atoms with Crippen molar-refractivity contribution in [2.75, 3.05) is 13.1 Å². The monoisotopic (exact) mass is 196 g/mol. The van der Waals surface area contributed by atoms with Gasteiger partial charge >= 0.3 is 0 Å². The third-order valence-corrected chi connectivity index (χ3v) is 3.62. The molecule has 80 valence electrons. The molecule has 3 heteroatoms. The van der Waals surface area contributed by atoms with Crippen LogP contribution in [0.1, 0.15) is 33.1 Å². The minimum Gasteiger partial charge on any atom is -0.337 e.